The van der Waals surface area contributed by atoms with E-state index in [2.05, 4.69) is 10.1 Å². The smallest absolute Gasteiger partial charge is 0.222 e. The molecule has 13 heavy (non-hydrogen) atoms. The lowest BCUT2D eigenvalue weighted by atomic mass is 10.3. The minimum atomic E-state index is 0.370. The van der Waals surface area contributed by atoms with Crippen molar-refractivity contribution >= 4 is 17.2 Å². The van der Waals surface area contributed by atoms with Gasteiger partial charge in [0.15, 0.2) is 0 Å². The number of hydrogen-bond acceptors (Lipinski definition) is 4. The van der Waals surface area contributed by atoms with E-state index in [4.69, 9.17) is 11.5 Å². The fourth-order valence-corrected chi connectivity index (χ4v) is 1.33. The highest BCUT2D eigenvalue weighted by atomic mass is 15.3. The van der Waals surface area contributed by atoms with Crippen molar-refractivity contribution in [3.8, 4) is 0 Å². The normalized spacial score (nSPS) is 10.9. The summed E-state index contributed by atoms with van der Waals surface area (Å²) in [5, 5.41) is 4.16. The molecule has 4 N–H and O–H groups in total. The summed E-state index contributed by atoms with van der Waals surface area (Å²) in [7, 11) is 0. The second-order valence-electron chi connectivity index (χ2n) is 3.05. The molecular formula is C8H11N5. The van der Waals surface area contributed by atoms with Crippen molar-refractivity contribution in [2.24, 2.45) is 0 Å². The van der Waals surface area contributed by atoms with Crippen LogP contribution in [-0.2, 0) is 0 Å². The maximum absolute atomic E-state index is 5.81. The molecule has 0 unspecified atom stereocenters. The second-order valence-corrected chi connectivity index (χ2v) is 3.05. The van der Waals surface area contributed by atoms with Gasteiger partial charge in [-0.15, -0.1) is 0 Å². The van der Waals surface area contributed by atoms with Crippen LogP contribution < -0.4 is 11.5 Å². The molecular weight excluding hydrogens is 166 g/mol. The van der Waals surface area contributed by atoms with Crippen molar-refractivity contribution in [1.82, 2.24) is 14.6 Å². The molecule has 0 amide bonds. The minimum absolute atomic E-state index is 0.370. The average Bonchev–Trinajstić information content (AvgIpc) is 2.32. The zero-order valence-corrected chi connectivity index (χ0v) is 7.57. The zero-order chi connectivity index (χ0) is 9.59. The van der Waals surface area contributed by atoms with Crippen LogP contribution >= 0.6 is 0 Å². The Morgan fingerprint density at radius 3 is 2.69 bits per heavy atom. The van der Waals surface area contributed by atoms with Crippen LogP contribution in [0.4, 0.5) is 11.6 Å². The molecule has 0 saturated carbocycles. The van der Waals surface area contributed by atoms with Crippen molar-refractivity contribution < 1.29 is 0 Å². The van der Waals surface area contributed by atoms with Crippen LogP contribution in [0.1, 0.15) is 11.4 Å². The van der Waals surface area contributed by atoms with Gasteiger partial charge in [0, 0.05) is 5.69 Å². The number of rotatable bonds is 0. The van der Waals surface area contributed by atoms with Crippen molar-refractivity contribution in [3.05, 3.63) is 17.5 Å². The van der Waals surface area contributed by atoms with Gasteiger partial charge in [-0.3, -0.25) is 0 Å². The highest BCUT2D eigenvalue weighted by Gasteiger charge is 2.08. The Hall–Kier alpha value is -1.78. The van der Waals surface area contributed by atoms with Gasteiger partial charge in [-0.05, 0) is 19.9 Å². The zero-order valence-electron chi connectivity index (χ0n) is 7.57. The molecule has 2 aromatic rings. The van der Waals surface area contributed by atoms with Crippen LogP contribution in [0.15, 0.2) is 6.07 Å². The predicted molar refractivity (Wildman–Crippen MR) is 51.3 cm³/mol. The summed E-state index contributed by atoms with van der Waals surface area (Å²) in [6.45, 7) is 3.72. The number of nitrogens with two attached hydrogens (primary N) is 2. The molecule has 2 heterocycles. The summed E-state index contributed by atoms with van der Waals surface area (Å²) in [5.74, 6) is 0.370. The molecule has 0 saturated heterocycles. The number of nitrogen functional groups attached to an aromatic ring is 2. The molecule has 5 nitrogen and oxygen atoms in total. The van der Waals surface area contributed by atoms with Crippen molar-refractivity contribution in [2.75, 3.05) is 11.5 Å². The van der Waals surface area contributed by atoms with Crippen LogP contribution in [0.3, 0.4) is 0 Å². The van der Waals surface area contributed by atoms with E-state index in [0.29, 0.717) is 11.6 Å². The number of hydrogen-bond donors (Lipinski definition) is 2. The van der Waals surface area contributed by atoms with Gasteiger partial charge in [-0.25, -0.2) is 4.98 Å². The standard InChI is InChI=1S/C8H11N5/c1-4-3-6-7(9)5(2)12-13(6)8(10)11-4/h3H,9H2,1-2H3,(H2,10,11). The lowest BCUT2D eigenvalue weighted by Gasteiger charge is -1.99. The minimum Gasteiger partial charge on any atom is -0.395 e. The molecule has 2 rings (SSSR count). The van der Waals surface area contributed by atoms with E-state index in [0.717, 1.165) is 16.9 Å². The fourth-order valence-electron chi connectivity index (χ4n) is 1.33. The number of anilines is 2. The summed E-state index contributed by atoms with van der Waals surface area (Å²) < 4.78 is 1.55. The molecule has 5 heteroatoms. The molecule has 68 valence electrons. The fraction of sp³-hybridized carbons (Fsp3) is 0.250. The van der Waals surface area contributed by atoms with E-state index in [1.54, 1.807) is 4.52 Å². The van der Waals surface area contributed by atoms with Crippen molar-refractivity contribution in [1.29, 1.82) is 0 Å². The average molecular weight is 177 g/mol. The van der Waals surface area contributed by atoms with Crippen molar-refractivity contribution in [2.45, 2.75) is 13.8 Å². The molecule has 0 aliphatic heterocycles. The molecule has 0 fully saturated rings. The molecule has 0 radical (unpaired) electrons. The molecule has 0 aromatic carbocycles. The number of fused-ring (bicyclic) bond motifs is 1. The number of nitrogens with zero attached hydrogens (tertiary/aromatic N) is 3. The molecule has 0 atom stereocenters. The van der Waals surface area contributed by atoms with Gasteiger partial charge < -0.3 is 11.5 Å². The Kier molecular flexibility index (Phi) is 1.42. The first-order chi connectivity index (χ1) is 6.09. The van der Waals surface area contributed by atoms with E-state index in [1.165, 1.54) is 0 Å². The highest BCUT2D eigenvalue weighted by molar-refractivity contribution is 5.73. The third-order valence-electron chi connectivity index (χ3n) is 2.00. The summed E-state index contributed by atoms with van der Waals surface area (Å²) in [4.78, 5) is 4.08. The molecule has 0 spiro atoms. The van der Waals surface area contributed by atoms with Gasteiger partial charge >= 0.3 is 0 Å². The Morgan fingerprint density at radius 1 is 1.31 bits per heavy atom. The van der Waals surface area contributed by atoms with E-state index in [-0.39, 0.29) is 0 Å². The number of aromatic nitrogens is 3. The predicted octanol–water partition coefficient (Wildman–Crippen LogP) is 0.511. The summed E-state index contributed by atoms with van der Waals surface area (Å²) >= 11 is 0. The van der Waals surface area contributed by atoms with Gasteiger partial charge in [-0.1, -0.05) is 0 Å². The Morgan fingerprint density at radius 2 is 2.00 bits per heavy atom. The van der Waals surface area contributed by atoms with Gasteiger partial charge in [0.05, 0.1) is 16.9 Å². The maximum atomic E-state index is 5.81. The molecule has 0 bridgehead atoms. The Balaban J connectivity index is 2.94. The topological polar surface area (TPSA) is 82.2 Å². The van der Waals surface area contributed by atoms with E-state index in [1.807, 2.05) is 19.9 Å². The third-order valence-corrected chi connectivity index (χ3v) is 2.00. The van der Waals surface area contributed by atoms with Gasteiger partial charge in [-0.2, -0.15) is 9.61 Å². The van der Waals surface area contributed by atoms with Crippen LogP contribution in [0.2, 0.25) is 0 Å². The lowest BCUT2D eigenvalue weighted by Crippen LogP contribution is -2.02. The first-order valence-electron chi connectivity index (χ1n) is 3.97. The molecule has 0 aliphatic carbocycles. The first-order valence-corrected chi connectivity index (χ1v) is 3.97. The summed E-state index contributed by atoms with van der Waals surface area (Å²) in [5.41, 5.74) is 14.6. The van der Waals surface area contributed by atoms with Gasteiger partial charge in [0.1, 0.15) is 0 Å². The summed E-state index contributed by atoms with van der Waals surface area (Å²) in [6.07, 6.45) is 0. The SMILES string of the molecule is Cc1cc2c(N)c(C)nn2c(N)n1. The Bertz CT molecular complexity index is 471. The van der Waals surface area contributed by atoms with E-state index >= 15 is 0 Å². The molecule has 2 aromatic heterocycles. The highest BCUT2D eigenvalue weighted by Crippen LogP contribution is 2.19. The van der Waals surface area contributed by atoms with E-state index < -0.39 is 0 Å². The number of aryl methyl sites for hydroxylation is 2. The van der Waals surface area contributed by atoms with Crippen LogP contribution in [-0.4, -0.2) is 14.6 Å². The maximum Gasteiger partial charge on any atom is 0.222 e. The lowest BCUT2D eigenvalue weighted by molar-refractivity contribution is 0.908. The first kappa shape index (κ1) is 7.85. The van der Waals surface area contributed by atoms with Gasteiger partial charge in [0.25, 0.3) is 0 Å². The monoisotopic (exact) mass is 177 g/mol. The van der Waals surface area contributed by atoms with E-state index in [9.17, 15) is 0 Å². The van der Waals surface area contributed by atoms with Crippen molar-refractivity contribution in [3.63, 3.8) is 0 Å². The van der Waals surface area contributed by atoms with Gasteiger partial charge in [0.2, 0.25) is 5.95 Å². The van der Waals surface area contributed by atoms with Crippen LogP contribution in [0, 0.1) is 13.8 Å². The quantitative estimate of drug-likeness (QED) is 0.614. The van der Waals surface area contributed by atoms with Crippen LogP contribution in [0.25, 0.3) is 5.52 Å². The molecule has 0 aliphatic rings. The third kappa shape index (κ3) is 1.00. The second kappa shape index (κ2) is 2.35. The van der Waals surface area contributed by atoms with Crippen LogP contribution in [0.5, 0.6) is 0 Å². The largest absolute Gasteiger partial charge is 0.395 e. The Labute approximate surface area is 75.4 Å². The summed E-state index contributed by atoms with van der Waals surface area (Å²) in [6, 6.07) is 1.87.